The zero-order chi connectivity index (χ0) is 16.6. The number of hydrogen-bond acceptors (Lipinski definition) is 2. The number of methoxy groups -OCH3 is 1. The molecule has 0 fully saturated rings. The van der Waals surface area contributed by atoms with Crippen LogP contribution in [-0.4, -0.2) is 26.3 Å². The Labute approximate surface area is 127 Å². The standard InChI is InChI=1S/C13H15BrF5NO/c1-6-5-8(14)7(2)9(10(6)21-4)11(20-3)12(15,16)13(17,18)19/h5,11,20H,1-4H3. The Balaban J connectivity index is 3.63. The second-order valence-corrected chi connectivity index (χ2v) is 5.44. The zero-order valence-electron chi connectivity index (χ0n) is 11.8. The van der Waals surface area contributed by atoms with Gasteiger partial charge in [-0.25, -0.2) is 0 Å². The average Bonchev–Trinajstić information content (AvgIpc) is 2.34. The first-order valence-corrected chi connectivity index (χ1v) is 6.73. The van der Waals surface area contributed by atoms with E-state index in [4.69, 9.17) is 4.74 Å². The highest BCUT2D eigenvalue weighted by molar-refractivity contribution is 9.10. The van der Waals surface area contributed by atoms with E-state index in [9.17, 15) is 22.0 Å². The molecule has 0 heterocycles. The van der Waals surface area contributed by atoms with Crippen LogP contribution in [0.2, 0.25) is 0 Å². The Morgan fingerprint density at radius 2 is 1.71 bits per heavy atom. The first-order chi connectivity index (χ1) is 9.48. The number of aryl methyl sites for hydroxylation is 1. The third kappa shape index (κ3) is 3.15. The monoisotopic (exact) mass is 375 g/mol. The number of alkyl halides is 5. The van der Waals surface area contributed by atoms with Crippen LogP contribution in [0.5, 0.6) is 5.75 Å². The number of hydrogen-bond donors (Lipinski definition) is 1. The summed E-state index contributed by atoms with van der Waals surface area (Å²) < 4.78 is 71.1. The van der Waals surface area contributed by atoms with Crippen molar-refractivity contribution in [3.8, 4) is 5.75 Å². The van der Waals surface area contributed by atoms with E-state index >= 15 is 0 Å². The Bertz CT molecular complexity index is 530. The molecule has 0 aliphatic heterocycles. The molecule has 0 spiro atoms. The van der Waals surface area contributed by atoms with Crippen molar-refractivity contribution in [3.05, 3.63) is 27.2 Å². The van der Waals surface area contributed by atoms with E-state index in [1.165, 1.54) is 14.0 Å². The molecule has 0 aromatic heterocycles. The summed E-state index contributed by atoms with van der Waals surface area (Å²) in [6, 6.07) is -0.639. The highest BCUT2D eigenvalue weighted by Gasteiger charge is 2.63. The van der Waals surface area contributed by atoms with Crippen molar-refractivity contribution >= 4 is 15.9 Å². The maximum Gasteiger partial charge on any atom is 0.455 e. The Hall–Kier alpha value is -0.890. The minimum absolute atomic E-state index is 0.0129. The summed E-state index contributed by atoms with van der Waals surface area (Å²) in [6.07, 6.45) is -5.67. The molecule has 1 aromatic carbocycles. The topological polar surface area (TPSA) is 21.3 Å². The molecule has 21 heavy (non-hydrogen) atoms. The molecule has 1 unspecified atom stereocenters. The molecule has 0 amide bonds. The predicted molar refractivity (Wildman–Crippen MR) is 73.0 cm³/mol. The van der Waals surface area contributed by atoms with Gasteiger partial charge in [0.1, 0.15) is 11.8 Å². The van der Waals surface area contributed by atoms with Gasteiger partial charge in [0, 0.05) is 10.0 Å². The fourth-order valence-corrected chi connectivity index (χ4v) is 2.72. The van der Waals surface area contributed by atoms with Crippen LogP contribution in [0.4, 0.5) is 22.0 Å². The molecule has 0 bridgehead atoms. The van der Waals surface area contributed by atoms with Crippen molar-refractivity contribution in [2.24, 2.45) is 0 Å². The summed E-state index contributed by atoms with van der Waals surface area (Å²) in [7, 11) is 2.29. The zero-order valence-corrected chi connectivity index (χ0v) is 13.4. The van der Waals surface area contributed by atoms with Crippen molar-refractivity contribution in [1.82, 2.24) is 5.32 Å². The Kier molecular flexibility index (Phi) is 5.26. The molecule has 0 saturated carbocycles. The molecular weight excluding hydrogens is 361 g/mol. The molecule has 0 aliphatic rings. The van der Waals surface area contributed by atoms with Gasteiger partial charge < -0.3 is 10.1 Å². The van der Waals surface area contributed by atoms with E-state index in [1.807, 2.05) is 0 Å². The molecule has 0 saturated heterocycles. The summed E-state index contributed by atoms with van der Waals surface area (Å²) in [5, 5.41) is 2.06. The van der Waals surface area contributed by atoms with Crippen LogP contribution in [0, 0.1) is 13.8 Å². The van der Waals surface area contributed by atoms with Gasteiger partial charge in [0.05, 0.1) is 7.11 Å². The van der Waals surface area contributed by atoms with Gasteiger partial charge in [0.25, 0.3) is 0 Å². The van der Waals surface area contributed by atoms with E-state index in [2.05, 4.69) is 21.2 Å². The fraction of sp³-hybridized carbons (Fsp3) is 0.538. The minimum atomic E-state index is -5.67. The number of nitrogens with one attached hydrogen (secondary N) is 1. The molecule has 0 radical (unpaired) electrons. The highest BCUT2D eigenvalue weighted by Crippen LogP contribution is 2.48. The van der Waals surface area contributed by atoms with Crippen molar-refractivity contribution in [3.63, 3.8) is 0 Å². The van der Waals surface area contributed by atoms with Crippen molar-refractivity contribution in [2.45, 2.75) is 32.0 Å². The molecule has 120 valence electrons. The Morgan fingerprint density at radius 3 is 2.10 bits per heavy atom. The van der Waals surface area contributed by atoms with Crippen LogP contribution in [0.1, 0.15) is 22.7 Å². The predicted octanol–water partition coefficient (Wildman–Crippen LogP) is 4.53. The molecular formula is C13H15BrF5NO. The quantitative estimate of drug-likeness (QED) is 0.780. The summed E-state index contributed by atoms with van der Waals surface area (Å²) in [4.78, 5) is 0. The maximum atomic E-state index is 13.8. The van der Waals surface area contributed by atoms with E-state index in [1.54, 1.807) is 13.0 Å². The highest BCUT2D eigenvalue weighted by atomic mass is 79.9. The maximum absolute atomic E-state index is 13.8. The lowest BCUT2D eigenvalue weighted by atomic mass is 9.93. The van der Waals surface area contributed by atoms with Crippen molar-refractivity contribution in [1.29, 1.82) is 0 Å². The number of halogens is 6. The third-order valence-corrected chi connectivity index (χ3v) is 4.05. The molecule has 2 nitrogen and oxygen atoms in total. The van der Waals surface area contributed by atoms with Gasteiger partial charge in [-0.05, 0) is 38.1 Å². The first-order valence-electron chi connectivity index (χ1n) is 5.94. The largest absolute Gasteiger partial charge is 0.496 e. The fourth-order valence-electron chi connectivity index (χ4n) is 2.16. The van der Waals surface area contributed by atoms with Crippen LogP contribution in [0.25, 0.3) is 0 Å². The van der Waals surface area contributed by atoms with Crippen molar-refractivity contribution in [2.75, 3.05) is 14.2 Å². The van der Waals surface area contributed by atoms with Gasteiger partial charge in [0.15, 0.2) is 0 Å². The van der Waals surface area contributed by atoms with Crippen LogP contribution < -0.4 is 10.1 Å². The molecule has 8 heteroatoms. The van der Waals surface area contributed by atoms with Crippen molar-refractivity contribution < 1.29 is 26.7 Å². The number of benzene rings is 1. The van der Waals surface area contributed by atoms with Gasteiger partial charge in [-0.15, -0.1) is 0 Å². The van der Waals surface area contributed by atoms with E-state index < -0.39 is 18.1 Å². The summed E-state index contributed by atoms with van der Waals surface area (Å²) in [6.45, 7) is 3.03. The molecule has 1 rings (SSSR count). The number of rotatable bonds is 4. The Morgan fingerprint density at radius 1 is 1.19 bits per heavy atom. The normalized spacial score (nSPS) is 14.2. The molecule has 1 N–H and O–H groups in total. The van der Waals surface area contributed by atoms with Gasteiger partial charge in [-0.2, -0.15) is 22.0 Å². The summed E-state index contributed by atoms with van der Waals surface area (Å²) in [5.41, 5.74) is 0.512. The van der Waals surface area contributed by atoms with Crippen LogP contribution >= 0.6 is 15.9 Å². The second kappa shape index (κ2) is 6.08. The third-order valence-electron chi connectivity index (χ3n) is 3.23. The average molecular weight is 376 g/mol. The lowest BCUT2D eigenvalue weighted by Crippen LogP contribution is -2.47. The molecule has 1 aromatic rings. The smallest absolute Gasteiger partial charge is 0.455 e. The van der Waals surface area contributed by atoms with Crippen LogP contribution in [-0.2, 0) is 0 Å². The van der Waals surface area contributed by atoms with Gasteiger partial charge in [-0.3, -0.25) is 0 Å². The minimum Gasteiger partial charge on any atom is -0.496 e. The van der Waals surface area contributed by atoms with Crippen LogP contribution in [0.3, 0.4) is 0 Å². The molecule has 1 atom stereocenters. The molecule has 0 aliphatic carbocycles. The second-order valence-electron chi connectivity index (χ2n) is 4.59. The van der Waals surface area contributed by atoms with E-state index in [-0.39, 0.29) is 16.9 Å². The summed E-state index contributed by atoms with van der Waals surface area (Å²) in [5.74, 6) is -4.92. The SMILES string of the molecule is CNC(c1c(C)c(Br)cc(C)c1OC)C(F)(F)C(F)(F)F. The van der Waals surface area contributed by atoms with Gasteiger partial charge in [0.2, 0.25) is 0 Å². The van der Waals surface area contributed by atoms with Crippen LogP contribution in [0.15, 0.2) is 10.5 Å². The van der Waals surface area contributed by atoms with Gasteiger partial charge in [-0.1, -0.05) is 15.9 Å². The number of ether oxygens (including phenoxy) is 1. The lowest BCUT2D eigenvalue weighted by molar-refractivity contribution is -0.294. The van der Waals surface area contributed by atoms with E-state index in [0.717, 1.165) is 7.05 Å². The van der Waals surface area contributed by atoms with Gasteiger partial charge >= 0.3 is 12.1 Å². The first kappa shape index (κ1) is 18.2. The van der Waals surface area contributed by atoms with E-state index in [0.29, 0.717) is 10.0 Å². The lowest BCUT2D eigenvalue weighted by Gasteiger charge is -2.31. The summed E-state index contributed by atoms with van der Waals surface area (Å²) >= 11 is 3.17.